The number of aliphatic carboxylic acids is 1. The van der Waals surface area contributed by atoms with Gasteiger partial charge in [0, 0.05) is 18.3 Å². The Morgan fingerprint density at radius 3 is 2.07 bits per heavy atom. The van der Waals surface area contributed by atoms with Crippen LogP contribution in [0.25, 0.3) is 0 Å². The maximum absolute atomic E-state index is 10.6. The summed E-state index contributed by atoms with van der Waals surface area (Å²) in [5.41, 5.74) is 2.16. The van der Waals surface area contributed by atoms with Crippen LogP contribution in [0, 0.1) is 0 Å². The quantitative estimate of drug-likeness (QED) is 0.279. The highest BCUT2D eigenvalue weighted by atomic mass is 16.4. The van der Waals surface area contributed by atoms with E-state index in [4.69, 9.17) is 10.9 Å². The van der Waals surface area contributed by atoms with E-state index < -0.39 is 5.97 Å². The fraction of sp³-hybridized carbons (Fsp3) is 0.333. The second kappa shape index (κ2) is 8.76. The molecule has 0 spiro atoms. The number of urea groups is 1. The minimum atomic E-state index is -0.935. The van der Waals surface area contributed by atoms with Gasteiger partial charge in [-0.1, -0.05) is 13.2 Å². The smallest absolute Gasteiger partial charge is 0.335 e. The maximum atomic E-state index is 10.6. The van der Waals surface area contributed by atoms with Crippen LogP contribution < -0.4 is 11.3 Å². The lowest BCUT2D eigenvalue weighted by atomic mass is 10.4. The van der Waals surface area contributed by atoms with Crippen molar-refractivity contribution in [2.45, 2.75) is 13.8 Å². The molecular weight excluding hydrogens is 198 g/mol. The molecule has 4 N–H and O–H groups in total. The first-order valence-electron chi connectivity index (χ1n) is 4.19. The van der Waals surface area contributed by atoms with Crippen LogP contribution in [0.15, 0.2) is 24.9 Å². The van der Waals surface area contributed by atoms with E-state index in [2.05, 4.69) is 13.2 Å². The summed E-state index contributed by atoms with van der Waals surface area (Å²) in [5, 5.41) is 7.89. The molecule has 0 aliphatic rings. The highest BCUT2D eigenvalue weighted by Gasteiger charge is 2.02. The van der Waals surface area contributed by atoms with Crippen LogP contribution in [0.4, 0.5) is 4.79 Å². The molecule has 0 rings (SSSR count). The fourth-order valence-corrected chi connectivity index (χ4v) is 0.439. The number of hydrogen-bond donors (Lipinski definition) is 3. The molecule has 0 aromatic heterocycles. The van der Waals surface area contributed by atoms with Crippen LogP contribution in [0.3, 0.4) is 0 Å². The third kappa shape index (κ3) is 8.51. The van der Waals surface area contributed by atoms with E-state index in [0.717, 1.165) is 0 Å². The number of hydrazine groups is 1. The predicted molar refractivity (Wildman–Crippen MR) is 57.7 cm³/mol. The summed E-state index contributed by atoms with van der Waals surface area (Å²) in [5.74, 6) is 3.90. The Morgan fingerprint density at radius 1 is 1.60 bits per heavy atom. The van der Waals surface area contributed by atoms with Gasteiger partial charge < -0.3 is 10.0 Å². The van der Waals surface area contributed by atoms with Gasteiger partial charge in [0.05, 0.1) is 0 Å². The van der Waals surface area contributed by atoms with Gasteiger partial charge in [-0.15, -0.1) is 0 Å². The predicted octanol–water partition coefficient (Wildman–Crippen LogP) is 0.682. The van der Waals surface area contributed by atoms with Crippen molar-refractivity contribution in [1.29, 1.82) is 0 Å². The molecule has 0 fully saturated rings. The highest BCUT2D eigenvalue weighted by Crippen LogP contribution is 1.85. The highest BCUT2D eigenvalue weighted by molar-refractivity contribution is 5.84. The zero-order valence-electron chi connectivity index (χ0n) is 8.99. The summed E-state index contributed by atoms with van der Waals surface area (Å²) in [6.07, 6.45) is 1.42. The topological polar surface area (TPSA) is 95.7 Å². The first-order valence-corrected chi connectivity index (χ1v) is 4.19. The fourth-order valence-electron chi connectivity index (χ4n) is 0.439. The Morgan fingerprint density at radius 2 is 2.00 bits per heavy atom. The maximum Gasteiger partial charge on any atom is 0.335 e. The molecule has 0 radical (unpaired) electrons. The molecule has 0 aliphatic carbocycles. The molecule has 0 saturated carbocycles. The minimum Gasteiger partial charge on any atom is -0.478 e. The Hall–Kier alpha value is -1.82. The summed E-state index contributed by atoms with van der Waals surface area (Å²) in [6, 6.07) is -0.340. The molecule has 2 amide bonds. The van der Waals surface area contributed by atoms with Gasteiger partial charge >= 0.3 is 12.0 Å². The molecule has 15 heavy (non-hydrogen) atoms. The number of hydrogen-bond acceptors (Lipinski definition) is 3. The van der Waals surface area contributed by atoms with Gasteiger partial charge in [0.2, 0.25) is 0 Å². The second-order valence-corrected chi connectivity index (χ2v) is 2.50. The Bertz CT molecular complexity index is 239. The van der Waals surface area contributed by atoms with E-state index in [0.29, 0.717) is 6.54 Å². The average molecular weight is 215 g/mol. The Kier molecular flexibility index (Phi) is 9.14. The van der Waals surface area contributed by atoms with Gasteiger partial charge in [0.25, 0.3) is 0 Å². The van der Waals surface area contributed by atoms with Gasteiger partial charge in [-0.3, -0.25) is 5.43 Å². The molecule has 86 valence electrons. The zero-order chi connectivity index (χ0) is 12.4. The zero-order valence-corrected chi connectivity index (χ0v) is 8.99. The molecule has 0 aliphatic heterocycles. The third-order valence-electron chi connectivity index (χ3n) is 1.31. The van der Waals surface area contributed by atoms with Crippen molar-refractivity contribution >= 4 is 12.0 Å². The molecule has 0 bridgehead atoms. The molecular formula is C9H17N3O3. The molecule has 6 nitrogen and oxygen atoms in total. The molecule has 0 heterocycles. The largest absolute Gasteiger partial charge is 0.478 e. The van der Waals surface area contributed by atoms with E-state index in [9.17, 15) is 9.59 Å². The number of carboxylic acid groups (broad SMARTS) is 1. The number of carbonyl (C=O) groups excluding carboxylic acids is 1. The Labute approximate surface area is 89.0 Å². The number of amides is 2. The molecule has 0 aromatic carbocycles. The lowest BCUT2D eigenvalue weighted by Crippen LogP contribution is -2.40. The van der Waals surface area contributed by atoms with Crippen molar-refractivity contribution in [3.8, 4) is 0 Å². The van der Waals surface area contributed by atoms with Crippen LogP contribution in [-0.4, -0.2) is 28.6 Å². The molecule has 0 saturated heterocycles. The van der Waals surface area contributed by atoms with Crippen LogP contribution >= 0.6 is 0 Å². The summed E-state index contributed by atoms with van der Waals surface area (Å²) in [6.45, 7) is 10.4. The van der Waals surface area contributed by atoms with Crippen LogP contribution in [0.1, 0.15) is 13.8 Å². The van der Waals surface area contributed by atoms with Gasteiger partial charge in [-0.25, -0.2) is 15.4 Å². The molecule has 0 unspecified atom stereocenters. The van der Waals surface area contributed by atoms with E-state index in [1.807, 2.05) is 12.3 Å². The number of carbonyl (C=O) groups is 2. The monoisotopic (exact) mass is 215 g/mol. The van der Waals surface area contributed by atoms with Crippen LogP contribution in [0.5, 0.6) is 0 Å². The van der Waals surface area contributed by atoms with Crippen molar-refractivity contribution in [2.24, 2.45) is 5.84 Å². The summed E-state index contributed by atoms with van der Waals surface area (Å²) in [7, 11) is 0. The Balaban J connectivity index is 0. The number of carboxylic acids is 1. The van der Waals surface area contributed by atoms with Crippen molar-refractivity contribution in [3.63, 3.8) is 0 Å². The minimum absolute atomic E-state index is 0.176. The average Bonchev–Trinajstić information content (AvgIpc) is 2.20. The van der Waals surface area contributed by atoms with Crippen LogP contribution in [0.2, 0.25) is 0 Å². The molecule has 0 aromatic rings. The van der Waals surface area contributed by atoms with Crippen molar-refractivity contribution in [1.82, 2.24) is 10.3 Å². The SMILES string of the molecule is C=C(C)C(=O)O.C=CN(CC)C(=O)NN. The van der Waals surface area contributed by atoms with Crippen molar-refractivity contribution in [2.75, 3.05) is 6.54 Å². The summed E-state index contributed by atoms with van der Waals surface area (Å²) < 4.78 is 0. The normalized spacial score (nSPS) is 7.93. The number of nitrogens with two attached hydrogens (primary N) is 1. The van der Waals surface area contributed by atoms with Crippen molar-refractivity contribution < 1.29 is 14.7 Å². The summed E-state index contributed by atoms with van der Waals surface area (Å²) in [4.78, 5) is 21.6. The van der Waals surface area contributed by atoms with Gasteiger partial charge in [0.15, 0.2) is 0 Å². The number of nitrogens with zero attached hydrogens (tertiary/aromatic N) is 1. The number of nitrogens with one attached hydrogen (secondary N) is 1. The van der Waals surface area contributed by atoms with E-state index in [1.54, 1.807) is 0 Å². The van der Waals surface area contributed by atoms with E-state index >= 15 is 0 Å². The number of rotatable bonds is 3. The molecule has 0 atom stereocenters. The van der Waals surface area contributed by atoms with Gasteiger partial charge in [0.1, 0.15) is 0 Å². The van der Waals surface area contributed by atoms with Gasteiger partial charge in [-0.2, -0.15) is 0 Å². The third-order valence-corrected chi connectivity index (χ3v) is 1.31. The first-order chi connectivity index (χ1) is 6.90. The summed E-state index contributed by atoms with van der Waals surface area (Å²) >= 11 is 0. The van der Waals surface area contributed by atoms with E-state index in [-0.39, 0.29) is 11.6 Å². The standard InChI is InChI=1S/C5H11N3O.C4H6O2/c1-3-8(4-2)5(9)7-6;1-3(2)4(5)6/h3H,1,4,6H2,2H3,(H,7,9);1H2,2H3,(H,5,6). The first kappa shape index (κ1) is 15.6. The lowest BCUT2D eigenvalue weighted by molar-refractivity contribution is -0.132. The lowest BCUT2D eigenvalue weighted by Gasteiger charge is -2.13. The van der Waals surface area contributed by atoms with Crippen LogP contribution in [-0.2, 0) is 4.79 Å². The van der Waals surface area contributed by atoms with E-state index in [1.165, 1.54) is 18.0 Å². The molecule has 6 heteroatoms. The second-order valence-electron chi connectivity index (χ2n) is 2.50. The van der Waals surface area contributed by atoms with Crippen molar-refractivity contribution in [3.05, 3.63) is 24.9 Å². The van der Waals surface area contributed by atoms with Gasteiger partial charge in [-0.05, 0) is 13.8 Å².